The van der Waals surface area contributed by atoms with Gasteiger partial charge in [-0.3, -0.25) is 0 Å². The Morgan fingerprint density at radius 3 is 2.21 bits per heavy atom. The summed E-state index contributed by atoms with van der Waals surface area (Å²) in [6.45, 7) is 6.59. The van der Waals surface area contributed by atoms with Crippen LogP contribution in [0.25, 0.3) is 44.1 Å². The molecule has 3 nitrogen and oxygen atoms in total. The van der Waals surface area contributed by atoms with E-state index in [1.54, 1.807) is 0 Å². The van der Waals surface area contributed by atoms with Crippen LogP contribution in [0.1, 0.15) is 26.3 Å². The zero-order chi connectivity index (χ0) is 25.4. The maximum atomic E-state index is 6.37. The molecule has 6 rings (SSSR count). The van der Waals surface area contributed by atoms with Gasteiger partial charge < -0.3 is 14.7 Å². The number of benzene rings is 4. The van der Waals surface area contributed by atoms with Gasteiger partial charge in [0.25, 0.3) is 0 Å². The maximum absolute atomic E-state index is 6.37. The summed E-state index contributed by atoms with van der Waals surface area (Å²) < 4.78 is 6.37. The Kier molecular flexibility index (Phi) is 7.14. The number of pyridine rings is 2. The fourth-order valence-corrected chi connectivity index (χ4v) is 4.50. The Morgan fingerprint density at radius 2 is 1.39 bits per heavy atom. The second kappa shape index (κ2) is 10.5. The Bertz CT molecular complexity index is 1750. The van der Waals surface area contributed by atoms with Crippen LogP contribution in [0.5, 0.6) is 11.5 Å². The molecule has 4 heteroatoms. The Morgan fingerprint density at radius 1 is 0.658 bits per heavy atom. The van der Waals surface area contributed by atoms with Crippen molar-refractivity contribution >= 4 is 21.5 Å². The standard InChI is InChI=1S/C34H26N2O.Pt/c1-34(2,3)28-17-27(32-20-24-10-4-5-11-26(24)22-36-32)19-30(21-28)37-29-13-8-12-25(18-29)33-31-14-7-6-9-23(31)15-16-35-33;/h4-17,20-22H,1-3H3;/q-2;+2. The first-order valence-electron chi connectivity index (χ1n) is 12.4. The Balaban J connectivity index is 0.00000294. The molecule has 0 unspecified atom stereocenters. The predicted octanol–water partition coefficient (Wildman–Crippen LogP) is 8.80. The van der Waals surface area contributed by atoms with Crippen LogP contribution < -0.4 is 4.74 Å². The molecule has 0 bridgehead atoms. The summed E-state index contributed by atoms with van der Waals surface area (Å²) in [6.07, 6.45) is 3.75. The molecule has 0 spiro atoms. The van der Waals surface area contributed by atoms with Crippen LogP contribution in [0, 0.1) is 12.1 Å². The average molecular weight is 674 g/mol. The summed E-state index contributed by atoms with van der Waals surface area (Å²) in [7, 11) is 0. The van der Waals surface area contributed by atoms with Crippen molar-refractivity contribution in [3.8, 4) is 34.0 Å². The molecule has 2 heterocycles. The molecule has 0 amide bonds. The van der Waals surface area contributed by atoms with Gasteiger partial charge in [-0.15, -0.1) is 41.0 Å². The minimum Gasteiger partial charge on any atom is -0.497 e. The van der Waals surface area contributed by atoms with Gasteiger partial charge in [0.1, 0.15) is 0 Å². The maximum Gasteiger partial charge on any atom is 2.00 e. The molecule has 0 aliphatic carbocycles. The van der Waals surface area contributed by atoms with Crippen molar-refractivity contribution in [3.63, 3.8) is 0 Å². The van der Waals surface area contributed by atoms with Crippen LogP contribution in [0.3, 0.4) is 0 Å². The summed E-state index contributed by atoms with van der Waals surface area (Å²) in [5, 5.41) is 4.49. The van der Waals surface area contributed by atoms with Crippen molar-refractivity contribution < 1.29 is 25.8 Å². The minimum absolute atomic E-state index is 0. The Labute approximate surface area is 237 Å². The van der Waals surface area contributed by atoms with E-state index in [0.717, 1.165) is 49.6 Å². The van der Waals surface area contributed by atoms with Crippen LogP contribution in [-0.4, -0.2) is 9.97 Å². The van der Waals surface area contributed by atoms with E-state index in [-0.39, 0.29) is 26.5 Å². The number of fused-ring (bicyclic) bond motifs is 2. The van der Waals surface area contributed by atoms with Crippen LogP contribution in [-0.2, 0) is 26.5 Å². The van der Waals surface area contributed by atoms with Crippen LogP contribution >= 0.6 is 0 Å². The van der Waals surface area contributed by atoms with Crippen molar-refractivity contribution in [3.05, 3.63) is 121 Å². The molecule has 6 aromatic rings. The van der Waals surface area contributed by atoms with Gasteiger partial charge in [-0.05, 0) is 44.4 Å². The normalized spacial score (nSPS) is 11.3. The third-order valence-electron chi connectivity index (χ3n) is 6.53. The molecular weight excluding hydrogens is 647 g/mol. The molecule has 38 heavy (non-hydrogen) atoms. The van der Waals surface area contributed by atoms with Gasteiger partial charge >= 0.3 is 21.1 Å². The number of hydrogen-bond donors (Lipinski definition) is 0. The van der Waals surface area contributed by atoms with Crippen molar-refractivity contribution in [1.29, 1.82) is 0 Å². The molecule has 0 radical (unpaired) electrons. The fourth-order valence-electron chi connectivity index (χ4n) is 4.50. The van der Waals surface area contributed by atoms with Crippen molar-refractivity contribution in [2.75, 3.05) is 0 Å². The van der Waals surface area contributed by atoms with Crippen LogP contribution in [0.15, 0.2) is 103 Å². The van der Waals surface area contributed by atoms with E-state index in [0.29, 0.717) is 11.5 Å². The molecular formula is C34H26N2OPt. The smallest absolute Gasteiger partial charge is 0.497 e. The van der Waals surface area contributed by atoms with Crippen molar-refractivity contribution in [2.45, 2.75) is 26.2 Å². The molecule has 0 fully saturated rings. The first-order valence-corrected chi connectivity index (χ1v) is 12.4. The molecule has 2 aromatic heterocycles. The van der Waals surface area contributed by atoms with E-state index in [9.17, 15) is 0 Å². The number of ether oxygens (including phenoxy) is 1. The molecule has 0 saturated carbocycles. The largest absolute Gasteiger partial charge is 2.00 e. The van der Waals surface area contributed by atoms with Crippen molar-refractivity contribution in [1.82, 2.24) is 9.97 Å². The van der Waals surface area contributed by atoms with Gasteiger partial charge in [-0.1, -0.05) is 93.6 Å². The molecule has 188 valence electrons. The summed E-state index contributed by atoms with van der Waals surface area (Å²) in [4.78, 5) is 9.38. The summed E-state index contributed by atoms with van der Waals surface area (Å²) in [5.74, 6) is 1.25. The number of hydrogen-bond acceptors (Lipinski definition) is 3. The fraction of sp³-hybridized carbons (Fsp3) is 0.118. The zero-order valence-corrected chi connectivity index (χ0v) is 23.7. The first-order chi connectivity index (χ1) is 17.9. The van der Waals surface area contributed by atoms with Crippen molar-refractivity contribution in [2.24, 2.45) is 0 Å². The van der Waals surface area contributed by atoms with E-state index in [1.165, 1.54) is 0 Å². The summed E-state index contributed by atoms with van der Waals surface area (Å²) in [5.41, 5.74) is 4.62. The molecule has 0 aliphatic rings. The minimum atomic E-state index is -0.0722. The zero-order valence-electron chi connectivity index (χ0n) is 21.4. The monoisotopic (exact) mass is 673 g/mol. The third kappa shape index (κ3) is 5.26. The summed E-state index contributed by atoms with van der Waals surface area (Å²) in [6, 6.07) is 37.6. The van der Waals surface area contributed by atoms with E-state index < -0.39 is 0 Å². The second-order valence-corrected chi connectivity index (χ2v) is 10.2. The van der Waals surface area contributed by atoms with Gasteiger partial charge in [0.2, 0.25) is 0 Å². The van der Waals surface area contributed by atoms with Crippen LogP contribution in [0.2, 0.25) is 0 Å². The van der Waals surface area contributed by atoms with E-state index in [4.69, 9.17) is 9.72 Å². The van der Waals surface area contributed by atoms with Gasteiger partial charge in [0.15, 0.2) is 0 Å². The number of aromatic nitrogens is 2. The predicted molar refractivity (Wildman–Crippen MR) is 151 cm³/mol. The van der Waals surface area contributed by atoms with Gasteiger partial charge in [0.05, 0.1) is 0 Å². The van der Waals surface area contributed by atoms with Gasteiger partial charge in [-0.2, -0.15) is 0 Å². The van der Waals surface area contributed by atoms with Gasteiger partial charge in [-0.25, -0.2) is 0 Å². The third-order valence-corrected chi connectivity index (χ3v) is 6.53. The molecule has 0 saturated heterocycles. The molecule has 0 atom stereocenters. The number of nitrogens with zero attached hydrogens (tertiary/aromatic N) is 2. The number of rotatable bonds is 4. The average Bonchev–Trinajstić information content (AvgIpc) is 2.92. The topological polar surface area (TPSA) is 35.0 Å². The summed E-state index contributed by atoms with van der Waals surface area (Å²) >= 11 is 0. The molecule has 4 aromatic carbocycles. The first kappa shape index (κ1) is 25.8. The molecule has 0 N–H and O–H groups in total. The van der Waals surface area contributed by atoms with E-state index in [2.05, 4.69) is 80.4 Å². The van der Waals surface area contributed by atoms with E-state index >= 15 is 0 Å². The van der Waals surface area contributed by atoms with E-state index in [1.807, 2.05) is 60.9 Å². The quantitative estimate of drug-likeness (QED) is 0.176. The molecule has 0 aliphatic heterocycles. The van der Waals surface area contributed by atoms with Gasteiger partial charge in [0, 0.05) is 23.9 Å². The second-order valence-electron chi connectivity index (χ2n) is 10.2. The Hall–Kier alpha value is -3.81. The van der Waals surface area contributed by atoms with Crippen LogP contribution in [0.4, 0.5) is 0 Å². The SMILES string of the molecule is CC(C)(C)c1cc(Oc2[c-]c(-c3nccc4ccccc34)ccc2)[c-]c(-c2cc3ccccc3cn2)c1.[Pt+2].